The van der Waals surface area contributed by atoms with Gasteiger partial charge in [-0.15, -0.1) is 0 Å². The molecule has 0 saturated heterocycles. The molecule has 0 aliphatic heterocycles. The molecule has 8 heteroatoms. The molecule has 0 fully saturated rings. The molecule has 76 valence electrons. The number of alkyl halides is 2. The van der Waals surface area contributed by atoms with Gasteiger partial charge in [-0.05, 0) is 9.91 Å². The zero-order chi connectivity index (χ0) is 10.9. The van der Waals surface area contributed by atoms with E-state index in [9.17, 15) is 18.9 Å². The summed E-state index contributed by atoms with van der Waals surface area (Å²) in [5, 5.41) is 10.0. The first-order valence-corrected chi connectivity index (χ1v) is 4.67. The Morgan fingerprint density at radius 3 is 2.64 bits per heavy atom. The number of halogens is 4. The number of hydrogen-bond donors (Lipinski definition) is 0. The van der Waals surface area contributed by atoms with Gasteiger partial charge in [0, 0.05) is 34.2 Å². The van der Waals surface area contributed by atoms with Crippen molar-refractivity contribution in [1.82, 2.24) is 4.98 Å². The largest absolute Gasteiger partial charge is 0.365 e. The van der Waals surface area contributed by atoms with Crippen LogP contribution >= 0.6 is 34.2 Å². The Kier molecular flexibility index (Phi) is 3.53. The van der Waals surface area contributed by atoms with Crippen LogP contribution in [0.15, 0.2) is 6.07 Å². The van der Waals surface area contributed by atoms with Crippen molar-refractivity contribution in [2.75, 3.05) is 0 Å². The molecule has 1 rings (SSSR count). The van der Waals surface area contributed by atoms with E-state index in [0.29, 0.717) is 6.07 Å². The molecule has 1 aromatic rings. The first kappa shape index (κ1) is 11.5. The van der Waals surface area contributed by atoms with Crippen molar-refractivity contribution in [3.63, 3.8) is 0 Å². The quantitative estimate of drug-likeness (QED) is 0.361. The number of pyridine rings is 1. The van der Waals surface area contributed by atoms with Crippen LogP contribution in [0.4, 0.5) is 14.6 Å². The minimum atomic E-state index is -2.85. The van der Waals surface area contributed by atoms with Crippen molar-refractivity contribution in [3.05, 3.63) is 30.5 Å². The second-order valence-corrected chi connectivity index (χ2v) is 3.63. The van der Waals surface area contributed by atoms with Gasteiger partial charge < -0.3 is 10.1 Å². The Labute approximate surface area is 95.6 Å². The van der Waals surface area contributed by atoms with E-state index in [-0.39, 0.29) is 8.72 Å². The van der Waals surface area contributed by atoms with Crippen molar-refractivity contribution in [2.24, 2.45) is 0 Å². The van der Waals surface area contributed by atoms with E-state index in [1.54, 1.807) is 22.6 Å². The molecule has 0 radical (unpaired) electrons. The van der Waals surface area contributed by atoms with Crippen LogP contribution in [0.5, 0.6) is 0 Å². The minimum Gasteiger partial charge on any atom is -0.358 e. The molecule has 0 aliphatic carbocycles. The highest BCUT2D eigenvalue weighted by atomic mass is 127. The smallest absolute Gasteiger partial charge is 0.358 e. The molecule has 14 heavy (non-hydrogen) atoms. The summed E-state index contributed by atoms with van der Waals surface area (Å²) < 4.78 is 24.6. The maximum Gasteiger partial charge on any atom is 0.365 e. The Balaban J connectivity index is 3.35. The van der Waals surface area contributed by atoms with Crippen molar-refractivity contribution < 1.29 is 13.7 Å². The summed E-state index contributed by atoms with van der Waals surface area (Å²) >= 11 is 7.05. The van der Waals surface area contributed by atoms with Crippen molar-refractivity contribution in [2.45, 2.75) is 6.43 Å². The normalized spacial score (nSPS) is 10.6. The lowest BCUT2D eigenvalue weighted by atomic mass is 10.3. The molecule has 1 heterocycles. The zero-order valence-electron chi connectivity index (χ0n) is 6.38. The molecular weight excluding hydrogens is 332 g/mol. The van der Waals surface area contributed by atoms with E-state index in [4.69, 9.17) is 11.6 Å². The summed E-state index contributed by atoms with van der Waals surface area (Å²) in [5.41, 5.74) is -0.572. The predicted molar refractivity (Wildman–Crippen MR) is 53.6 cm³/mol. The standard InChI is InChI=1S/C6H2ClF2IN2O2/c7-4-2(5(8)9)1-3(12(13)14)11-6(4)10/h1,5H. The fraction of sp³-hybridized carbons (Fsp3) is 0.167. The molecule has 0 aromatic carbocycles. The highest BCUT2D eigenvalue weighted by molar-refractivity contribution is 14.1. The van der Waals surface area contributed by atoms with E-state index in [0.717, 1.165) is 0 Å². The molecule has 4 nitrogen and oxygen atoms in total. The maximum atomic E-state index is 12.3. The van der Waals surface area contributed by atoms with Crippen LogP contribution in [0.3, 0.4) is 0 Å². The van der Waals surface area contributed by atoms with Crippen LogP contribution < -0.4 is 0 Å². The number of aromatic nitrogens is 1. The van der Waals surface area contributed by atoms with E-state index in [1.807, 2.05) is 0 Å². The molecular formula is C6H2ClF2IN2O2. The zero-order valence-corrected chi connectivity index (χ0v) is 9.29. The fourth-order valence-corrected chi connectivity index (χ4v) is 1.49. The summed E-state index contributed by atoms with van der Waals surface area (Å²) in [7, 11) is 0. The van der Waals surface area contributed by atoms with Crippen LogP contribution in [-0.4, -0.2) is 9.91 Å². The lowest BCUT2D eigenvalue weighted by Crippen LogP contribution is -1.98. The molecule has 0 N–H and O–H groups in total. The minimum absolute atomic E-state index is 0.00577. The Morgan fingerprint density at radius 1 is 1.64 bits per heavy atom. The average molecular weight is 334 g/mol. The summed E-state index contributed by atoms with van der Waals surface area (Å²) in [6.07, 6.45) is -2.85. The first-order chi connectivity index (χ1) is 6.43. The number of rotatable bonds is 2. The predicted octanol–water partition coefficient (Wildman–Crippen LogP) is 3.19. The van der Waals surface area contributed by atoms with Gasteiger partial charge in [0.05, 0.1) is 0 Å². The van der Waals surface area contributed by atoms with Gasteiger partial charge in [-0.1, -0.05) is 11.6 Å². The van der Waals surface area contributed by atoms with E-state index < -0.39 is 22.7 Å². The monoisotopic (exact) mass is 334 g/mol. The van der Waals surface area contributed by atoms with Gasteiger partial charge in [-0.2, -0.15) is 0 Å². The van der Waals surface area contributed by atoms with Gasteiger partial charge in [0.25, 0.3) is 6.43 Å². The van der Waals surface area contributed by atoms with Crippen molar-refractivity contribution in [1.29, 1.82) is 0 Å². The van der Waals surface area contributed by atoms with Gasteiger partial charge in [0.2, 0.25) is 3.70 Å². The van der Waals surface area contributed by atoms with Crippen molar-refractivity contribution >= 4 is 40.0 Å². The number of nitro groups is 1. The molecule has 0 atom stereocenters. The third kappa shape index (κ3) is 2.27. The topological polar surface area (TPSA) is 56.0 Å². The Morgan fingerprint density at radius 2 is 2.21 bits per heavy atom. The van der Waals surface area contributed by atoms with Gasteiger partial charge in [0.15, 0.2) is 0 Å². The average Bonchev–Trinajstić information content (AvgIpc) is 2.08. The lowest BCUT2D eigenvalue weighted by molar-refractivity contribution is -0.389. The highest BCUT2D eigenvalue weighted by Gasteiger charge is 2.22. The van der Waals surface area contributed by atoms with E-state index in [1.165, 1.54) is 0 Å². The highest BCUT2D eigenvalue weighted by Crippen LogP contribution is 2.32. The van der Waals surface area contributed by atoms with Gasteiger partial charge >= 0.3 is 5.82 Å². The fourth-order valence-electron chi connectivity index (χ4n) is 0.756. The molecule has 0 aliphatic rings. The van der Waals surface area contributed by atoms with Gasteiger partial charge in [0.1, 0.15) is 5.02 Å². The summed E-state index contributed by atoms with van der Waals surface area (Å²) in [5.74, 6) is -0.630. The molecule has 0 unspecified atom stereocenters. The second-order valence-electron chi connectivity index (χ2n) is 2.23. The third-order valence-electron chi connectivity index (χ3n) is 1.35. The van der Waals surface area contributed by atoms with Crippen LogP contribution in [-0.2, 0) is 0 Å². The molecule has 0 amide bonds. The Hall–Kier alpha value is -0.570. The van der Waals surface area contributed by atoms with Crippen LogP contribution in [0.25, 0.3) is 0 Å². The molecule has 0 saturated carbocycles. The lowest BCUT2D eigenvalue weighted by Gasteiger charge is -2.02. The third-order valence-corrected chi connectivity index (χ3v) is 2.85. The molecule has 0 spiro atoms. The van der Waals surface area contributed by atoms with E-state index >= 15 is 0 Å². The number of hydrogen-bond acceptors (Lipinski definition) is 3. The van der Waals surface area contributed by atoms with Crippen LogP contribution in [0, 0.1) is 13.8 Å². The van der Waals surface area contributed by atoms with Crippen LogP contribution in [0.1, 0.15) is 12.0 Å². The number of nitrogens with zero attached hydrogens (tertiary/aromatic N) is 2. The maximum absolute atomic E-state index is 12.3. The second kappa shape index (κ2) is 4.30. The Bertz CT molecular complexity index is 388. The van der Waals surface area contributed by atoms with Gasteiger partial charge in [-0.3, -0.25) is 0 Å². The van der Waals surface area contributed by atoms with Gasteiger partial charge in [-0.25, -0.2) is 8.78 Å². The summed E-state index contributed by atoms with van der Waals surface area (Å²) in [4.78, 5) is 12.9. The molecule has 1 aromatic heterocycles. The SMILES string of the molecule is O=[N+]([O-])c1cc(C(F)F)c(Cl)c(I)n1. The summed E-state index contributed by atoms with van der Waals surface area (Å²) in [6, 6.07) is 0.676. The first-order valence-electron chi connectivity index (χ1n) is 3.22. The molecule has 0 bridgehead atoms. The van der Waals surface area contributed by atoms with Crippen molar-refractivity contribution in [3.8, 4) is 0 Å². The van der Waals surface area contributed by atoms with E-state index in [2.05, 4.69) is 4.98 Å². The van der Waals surface area contributed by atoms with Crippen LogP contribution in [0.2, 0.25) is 5.02 Å². The summed E-state index contributed by atoms with van der Waals surface area (Å²) in [6.45, 7) is 0.